The summed E-state index contributed by atoms with van der Waals surface area (Å²) in [5, 5.41) is 17.8. The van der Waals surface area contributed by atoms with Gasteiger partial charge in [0, 0.05) is 43.0 Å². The van der Waals surface area contributed by atoms with Crippen LogP contribution in [0.3, 0.4) is 0 Å². The lowest BCUT2D eigenvalue weighted by molar-refractivity contribution is -0.131. The second-order valence-corrected chi connectivity index (χ2v) is 11.3. The van der Waals surface area contributed by atoms with Gasteiger partial charge in [0.1, 0.15) is 12.4 Å². The van der Waals surface area contributed by atoms with Crippen LogP contribution in [0.2, 0.25) is 0 Å². The van der Waals surface area contributed by atoms with Crippen molar-refractivity contribution in [1.29, 1.82) is 5.26 Å². The van der Waals surface area contributed by atoms with Crippen LogP contribution in [0.5, 0.6) is 6.01 Å². The Hall–Kier alpha value is -4.08. The van der Waals surface area contributed by atoms with E-state index in [2.05, 4.69) is 47.8 Å². The highest BCUT2D eigenvalue weighted by atomic mass is 19.1. The number of hydrogen-bond donors (Lipinski definition) is 1. The summed E-state index contributed by atoms with van der Waals surface area (Å²) in [4.78, 5) is 27.9. The number of likely N-dealkylation sites (N-methyl/N-ethyl adjacent to an activating group) is 1. The Morgan fingerprint density at radius 3 is 2.90 bits per heavy atom. The van der Waals surface area contributed by atoms with Gasteiger partial charge in [-0.2, -0.15) is 20.3 Å². The number of ether oxygens (including phenoxy) is 2. The molecule has 220 valence electrons. The normalized spacial score (nSPS) is 22.7. The lowest BCUT2D eigenvalue weighted by atomic mass is 9.93. The summed E-state index contributed by atoms with van der Waals surface area (Å²) in [6.07, 6.45) is 4.38. The van der Waals surface area contributed by atoms with Crippen molar-refractivity contribution in [2.45, 2.75) is 57.4 Å². The van der Waals surface area contributed by atoms with Gasteiger partial charge in [-0.05, 0) is 50.6 Å². The molecule has 0 bridgehead atoms. The monoisotopic (exact) mass is 574 g/mol. The molecule has 0 spiro atoms. The molecule has 1 N–H and O–H groups in total. The number of hydrogen-bond acceptors (Lipinski definition) is 9. The molecular weight excluding hydrogens is 539 g/mol. The van der Waals surface area contributed by atoms with E-state index in [0.29, 0.717) is 44.0 Å². The van der Waals surface area contributed by atoms with Crippen LogP contribution in [0.25, 0.3) is 10.9 Å². The molecule has 3 aliphatic heterocycles. The van der Waals surface area contributed by atoms with Crippen molar-refractivity contribution >= 4 is 22.6 Å². The van der Waals surface area contributed by atoms with Crippen LogP contribution in [-0.2, 0) is 22.6 Å². The number of aryl methyl sites for hydroxylation is 1. The number of carbonyl (C=O) groups is 1. The lowest BCUT2D eigenvalue weighted by Gasteiger charge is -2.42. The van der Waals surface area contributed by atoms with Gasteiger partial charge in [0.15, 0.2) is 5.83 Å². The highest BCUT2D eigenvalue weighted by molar-refractivity contribution is 5.91. The highest BCUT2D eigenvalue weighted by Gasteiger charge is 2.36. The highest BCUT2D eigenvalue weighted by Crippen LogP contribution is 2.39. The first-order valence-corrected chi connectivity index (χ1v) is 14.4. The first-order valence-electron chi connectivity index (χ1n) is 14.4. The number of anilines is 1. The average molecular weight is 575 g/mol. The molecule has 5 heterocycles. The van der Waals surface area contributed by atoms with Crippen LogP contribution in [0, 0.1) is 18.3 Å². The van der Waals surface area contributed by atoms with Crippen molar-refractivity contribution in [3.8, 4) is 12.1 Å². The number of aromatic nitrogens is 4. The maximum atomic E-state index is 13.8. The molecule has 0 aliphatic carbocycles. The standard InChI is InChI=1S/C30H35FN8O3/c1-18-6-7-24-22(14-33-36-24)27(18)26-13-25-23(17-41-26)28(35-30(34-25)42-16-21-5-4-10-37(21)3)38-11-12-39(29(40)19(2)31)20(15-38)8-9-32/h6-7,14,20-21,26H,2,4-5,8,10-13,15-17H2,1,3H3,(H,33,36)/t20-,21-,26?/m0/s1. The van der Waals surface area contributed by atoms with Crippen LogP contribution in [0.1, 0.15) is 47.8 Å². The Bertz CT molecular complexity index is 1550. The molecule has 2 aromatic heterocycles. The summed E-state index contributed by atoms with van der Waals surface area (Å²) in [6, 6.07) is 6.31. The number of likely N-dealkylation sites (tertiary alicyclic amines) is 1. The lowest BCUT2D eigenvalue weighted by Crippen LogP contribution is -2.55. The Morgan fingerprint density at radius 2 is 2.14 bits per heavy atom. The second kappa shape index (κ2) is 11.7. The van der Waals surface area contributed by atoms with Crippen molar-refractivity contribution in [3.63, 3.8) is 0 Å². The summed E-state index contributed by atoms with van der Waals surface area (Å²) in [5.41, 5.74) is 4.85. The van der Waals surface area contributed by atoms with E-state index in [4.69, 9.17) is 19.4 Å². The van der Waals surface area contributed by atoms with Crippen LogP contribution >= 0.6 is 0 Å². The topological polar surface area (TPSA) is 124 Å². The molecule has 3 aliphatic rings. The van der Waals surface area contributed by atoms with Crippen molar-refractivity contribution in [2.24, 2.45) is 0 Å². The minimum Gasteiger partial charge on any atom is -0.462 e. The number of amides is 1. The van der Waals surface area contributed by atoms with Gasteiger partial charge in [-0.3, -0.25) is 9.89 Å². The van der Waals surface area contributed by atoms with Crippen LogP contribution in [-0.4, -0.2) is 87.8 Å². The zero-order chi connectivity index (χ0) is 29.4. The molecular formula is C30H35FN8O3. The summed E-state index contributed by atoms with van der Waals surface area (Å²) < 4.78 is 26.5. The number of carbonyl (C=O) groups excluding carboxylic acids is 1. The van der Waals surface area contributed by atoms with E-state index in [9.17, 15) is 14.4 Å². The van der Waals surface area contributed by atoms with E-state index in [0.717, 1.165) is 52.7 Å². The van der Waals surface area contributed by atoms with E-state index in [1.165, 1.54) is 4.90 Å². The predicted molar refractivity (Wildman–Crippen MR) is 153 cm³/mol. The van der Waals surface area contributed by atoms with Crippen molar-refractivity contribution < 1.29 is 18.7 Å². The summed E-state index contributed by atoms with van der Waals surface area (Å²) >= 11 is 0. The molecule has 3 atom stereocenters. The fourth-order valence-electron chi connectivity index (χ4n) is 6.43. The number of nitriles is 1. The van der Waals surface area contributed by atoms with Gasteiger partial charge in [0.25, 0.3) is 5.91 Å². The molecule has 11 nitrogen and oxygen atoms in total. The fraction of sp³-hybridized carbons (Fsp3) is 0.500. The van der Waals surface area contributed by atoms with E-state index in [1.807, 2.05) is 17.2 Å². The number of H-pyrrole nitrogens is 1. The third kappa shape index (κ3) is 5.30. The van der Waals surface area contributed by atoms with Gasteiger partial charge in [0.05, 0.1) is 48.7 Å². The summed E-state index contributed by atoms with van der Waals surface area (Å²) in [6.45, 7) is 8.01. The van der Waals surface area contributed by atoms with Crippen molar-refractivity contribution in [3.05, 3.63) is 53.1 Å². The molecule has 3 aromatic rings. The smallest absolute Gasteiger partial charge is 0.318 e. The Balaban J connectivity index is 1.33. The molecule has 2 fully saturated rings. The largest absolute Gasteiger partial charge is 0.462 e. The quantitative estimate of drug-likeness (QED) is 0.423. The fourth-order valence-corrected chi connectivity index (χ4v) is 6.43. The number of nitrogens with one attached hydrogen (secondary N) is 1. The number of halogens is 1. The summed E-state index contributed by atoms with van der Waals surface area (Å²) in [7, 11) is 2.10. The first-order chi connectivity index (χ1) is 20.3. The molecule has 0 radical (unpaired) electrons. The van der Waals surface area contributed by atoms with Gasteiger partial charge >= 0.3 is 6.01 Å². The van der Waals surface area contributed by atoms with E-state index in [1.54, 1.807) is 0 Å². The zero-order valence-corrected chi connectivity index (χ0v) is 24.0. The van der Waals surface area contributed by atoms with Gasteiger partial charge in [-0.15, -0.1) is 0 Å². The molecule has 12 heteroatoms. The molecule has 1 unspecified atom stereocenters. The minimum atomic E-state index is -1.03. The van der Waals surface area contributed by atoms with Gasteiger partial charge < -0.3 is 24.2 Å². The van der Waals surface area contributed by atoms with Crippen LogP contribution in [0.4, 0.5) is 10.2 Å². The van der Waals surface area contributed by atoms with E-state index < -0.39 is 17.8 Å². The maximum Gasteiger partial charge on any atom is 0.318 e. The van der Waals surface area contributed by atoms with Crippen LogP contribution in [0.15, 0.2) is 30.7 Å². The molecule has 2 saturated heterocycles. The first kappa shape index (κ1) is 28.1. The van der Waals surface area contributed by atoms with E-state index in [-0.39, 0.29) is 25.7 Å². The third-order valence-corrected chi connectivity index (χ3v) is 8.74. The van der Waals surface area contributed by atoms with Crippen molar-refractivity contribution in [2.75, 3.05) is 44.7 Å². The summed E-state index contributed by atoms with van der Waals surface area (Å²) in [5.74, 6) is -1.14. The third-order valence-electron chi connectivity index (χ3n) is 8.74. The van der Waals surface area contributed by atoms with Crippen LogP contribution < -0.4 is 9.64 Å². The molecule has 1 amide bonds. The minimum absolute atomic E-state index is 0.0622. The SMILES string of the molecule is C=C(F)C(=O)N1CCN(c2nc(OC[C@@H]3CCCN3C)nc3c2COC(c2c(C)ccc4[nH]ncc24)C3)C[C@@H]1CC#N. The Morgan fingerprint density at radius 1 is 1.29 bits per heavy atom. The molecule has 1 aromatic carbocycles. The Kier molecular flexibility index (Phi) is 7.79. The number of nitrogens with zero attached hydrogens (tertiary/aromatic N) is 7. The van der Waals surface area contributed by atoms with Gasteiger partial charge in [0.2, 0.25) is 0 Å². The molecule has 0 saturated carbocycles. The van der Waals surface area contributed by atoms with Crippen molar-refractivity contribution in [1.82, 2.24) is 30.0 Å². The molecule has 6 rings (SSSR count). The number of rotatable bonds is 7. The number of benzene rings is 1. The number of fused-ring (bicyclic) bond motifs is 2. The zero-order valence-electron chi connectivity index (χ0n) is 24.0. The predicted octanol–water partition coefficient (Wildman–Crippen LogP) is 3.36. The van der Waals surface area contributed by atoms with Gasteiger partial charge in [-0.25, -0.2) is 4.39 Å². The van der Waals surface area contributed by atoms with Gasteiger partial charge in [-0.1, -0.05) is 12.6 Å². The second-order valence-electron chi connectivity index (χ2n) is 11.3. The number of aromatic amines is 1. The van der Waals surface area contributed by atoms with E-state index >= 15 is 0 Å². The maximum absolute atomic E-state index is 13.8. The number of piperazine rings is 1. The average Bonchev–Trinajstić information content (AvgIpc) is 3.63. The Labute approximate surface area is 243 Å². The molecule has 42 heavy (non-hydrogen) atoms.